The van der Waals surface area contributed by atoms with Crippen LogP contribution in [0.4, 0.5) is 0 Å². The Labute approximate surface area is 122 Å². The molecule has 102 valence electrons. The Balaban J connectivity index is 1.78. The summed E-state index contributed by atoms with van der Waals surface area (Å²) in [6.45, 7) is -0.0864. The van der Waals surface area contributed by atoms with Gasteiger partial charge >= 0.3 is 0 Å². The second-order valence-electron chi connectivity index (χ2n) is 3.95. The molecule has 0 radical (unpaired) electrons. The van der Waals surface area contributed by atoms with E-state index in [1.54, 1.807) is 24.3 Å². The molecule has 0 bridgehead atoms. The Bertz CT molecular complexity index is 600. The van der Waals surface area contributed by atoms with E-state index >= 15 is 0 Å². The molecule has 0 saturated heterocycles. The van der Waals surface area contributed by atoms with Gasteiger partial charge in [0.2, 0.25) is 0 Å². The van der Waals surface area contributed by atoms with Crippen LogP contribution in [0, 0.1) is 0 Å². The molecule has 0 aliphatic rings. The summed E-state index contributed by atoms with van der Waals surface area (Å²) in [5.41, 5.74) is 3.19. The number of hydrazone groups is 1. The van der Waals surface area contributed by atoms with E-state index < -0.39 is 0 Å². The Hall–Kier alpha value is -2.33. The number of hydrogen-bond acceptors (Lipinski definition) is 3. The molecule has 2 aromatic carbocycles. The Kier molecular flexibility index (Phi) is 5.15. The maximum Gasteiger partial charge on any atom is 0.277 e. The number of nitrogens with one attached hydrogen (secondary N) is 1. The highest BCUT2D eigenvalue weighted by atomic mass is 35.5. The molecule has 20 heavy (non-hydrogen) atoms. The van der Waals surface area contributed by atoms with E-state index in [9.17, 15) is 4.79 Å². The molecule has 0 atom stereocenters. The first-order chi connectivity index (χ1) is 9.74. The van der Waals surface area contributed by atoms with Crippen molar-refractivity contribution in [3.05, 3.63) is 65.2 Å². The maximum atomic E-state index is 11.5. The molecule has 0 aliphatic heterocycles. The molecule has 0 saturated carbocycles. The number of ether oxygens (including phenoxy) is 1. The van der Waals surface area contributed by atoms with E-state index in [1.165, 1.54) is 6.21 Å². The average Bonchev–Trinajstić information content (AvgIpc) is 2.46. The zero-order valence-corrected chi connectivity index (χ0v) is 11.4. The normalized spacial score (nSPS) is 10.4. The fourth-order valence-electron chi connectivity index (χ4n) is 1.46. The third-order valence-electron chi connectivity index (χ3n) is 2.36. The van der Waals surface area contributed by atoms with Gasteiger partial charge in [0.05, 0.1) is 6.21 Å². The van der Waals surface area contributed by atoms with E-state index in [2.05, 4.69) is 10.5 Å². The maximum absolute atomic E-state index is 11.5. The minimum absolute atomic E-state index is 0.0864. The zero-order valence-electron chi connectivity index (χ0n) is 10.6. The van der Waals surface area contributed by atoms with Gasteiger partial charge in [-0.05, 0) is 29.8 Å². The third-order valence-corrected chi connectivity index (χ3v) is 2.60. The average molecular weight is 289 g/mol. The zero-order chi connectivity index (χ0) is 14.2. The van der Waals surface area contributed by atoms with Gasteiger partial charge in [-0.2, -0.15) is 5.10 Å². The van der Waals surface area contributed by atoms with Crippen molar-refractivity contribution in [2.24, 2.45) is 5.10 Å². The molecule has 0 aromatic heterocycles. The Morgan fingerprint density at radius 2 is 2.00 bits per heavy atom. The van der Waals surface area contributed by atoms with Crippen LogP contribution in [-0.4, -0.2) is 18.7 Å². The molecule has 1 amide bonds. The number of benzene rings is 2. The fraction of sp³-hybridized carbons (Fsp3) is 0.0667. The summed E-state index contributed by atoms with van der Waals surface area (Å²) >= 11 is 5.83. The molecule has 0 heterocycles. The second-order valence-corrected chi connectivity index (χ2v) is 4.39. The molecule has 5 heteroatoms. The highest BCUT2D eigenvalue weighted by Crippen LogP contribution is 2.09. The van der Waals surface area contributed by atoms with Crippen molar-refractivity contribution < 1.29 is 9.53 Å². The first kappa shape index (κ1) is 14.1. The summed E-state index contributed by atoms with van der Waals surface area (Å²) in [6.07, 6.45) is 1.52. The van der Waals surface area contributed by atoms with Crippen molar-refractivity contribution in [2.75, 3.05) is 6.61 Å². The van der Waals surface area contributed by atoms with Gasteiger partial charge in [-0.15, -0.1) is 0 Å². The van der Waals surface area contributed by atoms with E-state index in [1.807, 2.05) is 30.3 Å². The molecular formula is C15H13ClN2O2. The lowest BCUT2D eigenvalue weighted by Gasteiger charge is -2.04. The van der Waals surface area contributed by atoms with Crippen molar-refractivity contribution in [1.29, 1.82) is 0 Å². The van der Waals surface area contributed by atoms with E-state index in [0.29, 0.717) is 10.8 Å². The van der Waals surface area contributed by atoms with Gasteiger partial charge in [0.1, 0.15) is 5.75 Å². The predicted molar refractivity (Wildman–Crippen MR) is 79.1 cm³/mol. The molecular weight excluding hydrogens is 276 g/mol. The molecule has 0 spiro atoms. The van der Waals surface area contributed by atoms with Crippen LogP contribution in [0.2, 0.25) is 5.02 Å². The molecule has 4 nitrogen and oxygen atoms in total. The quantitative estimate of drug-likeness (QED) is 0.679. The summed E-state index contributed by atoms with van der Waals surface area (Å²) in [5.74, 6) is 0.314. The minimum Gasteiger partial charge on any atom is -0.484 e. The van der Waals surface area contributed by atoms with Gasteiger partial charge in [-0.25, -0.2) is 5.43 Å². The van der Waals surface area contributed by atoms with Crippen molar-refractivity contribution in [3.8, 4) is 5.75 Å². The van der Waals surface area contributed by atoms with Crippen LogP contribution in [0.5, 0.6) is 5.75 Å². The lowest BCUT2D eigenvalue weighted by atomic mass is 10.2. The van der Waals surface area contributed by atoms with Crippen LogP contribution >= 0.6 is 11.6 Å². The molecule has 2 aromatic rings. The van der Waals surface area contributed by atoms with Crippen LogP contribution in [-0.2, 0) is 4.79 Å². The van der Waals surface area contributed by atoms with Crippen LogP contribution < -0.4 is 10.2 Å². The predicted octanol–water partition coefficient (Wildman–Crippen LogP) is 2.87. The molecule has 0 aliphatic carbocycles. The lowest BCUT2D eigenvalue weighted by molar-refractivity contribution is -0.123. The van der Waals surface area contributed by atoms with Gasteiger partial charge in [0, 0.05) is 5.02 Å². The van der Waals surface area contributed by atoms with Gasteiger partial charge in [-0.3, -0.25) is 4.79 Å². The summed E-state index contributed by atoms with van der Waals surface area (Å²) in [7, 11) is 0. The van der Waals surface area contributed by atoms with Crippen molar-refractivity contribution >= 4 is 23.7 Å². The number of carbonyl (C=O) groups excluding carboxylic acids is 1. The molecule has 2 rings (SSSR count). The number of halogens is 1. The topological polar surface area (TPSA) is 50.7 Å². The fourth-order valence-corrected chi connectivity index (χ4v) is 1.66. The first-order valence-electron chi connectivity index (χ1n) is 5.99. The van der Waals surface area contributed by atoms with Crippen LogP contribution in [0.25, 0.3) is 0 Å². The van der Waals surface area contributed by atoms with E-state index in [-0.39, 0.29) is 12.5 Å². The van der Waals surface area contributed by atoms with Gasteiger partial charge < -0.3 is 4.74 Å². The van der Waals surface area contributed by atoms with Gasteiger partial charge in [-0.1, -0.05) is 41.9 Å². The number of carbonyl (C=O) groups is 1. The smallest absolute Gasteiger partial charge is 0.277 e. The van der Waals surface area contributed by atoms with E-state index in [4.69, 9.17) is 16.3 Å². The molecule has 1 N–H and O–H groups in total. The Morgan fingerprint density at radius 3 is 2.75 bits per heavy atom. The lowest BCUT2D eigenvalue weighted by Crippen LogP contribution is -2.24. The van der Waals surface area contributed by atoms with Crippen LogP contribution in [0.1, 0.15) is 5.56 Å². The number of nitrogens with zero attached hydrogens (tertiary/aromatic N) is 1. The van der Waals surface area contributed by atoms with Crippen molar-refractivity contribution in [1.82, 2.24) is 5.43 Å². The Morgan fingerprint density at radius 1 is 1.20 bits per heavy atom. The summed E-state index contributed by atoms with van der Waals surface area (Å²) in [4.78, 5) is 11.5. The number of para-hydroxylation sites is 1. The van der Waals surface area contributed by atoms with Crippen LogP contribution in [0.15, 0.2) is 59.7 Å². The van der Waals surface area contributed by atoms with Gasteiger partial charge in [0.25, 0.3) is 5.91 Å². The SMILES string of the molecule is O=C(COc1ccccc1)N/N=C/c1cccc(Cl)c1. The van der Waals surface area contributed by atoms with Crippen LogP contribution in [0.3, 0.4) is 0 Å². The number of amides is 1. The molecule has 0 unspecified atom stereocenters. The van der Waals surface area contributed by atoms with E-state index in [0.717, 1.165) is 5.56 Å². The highest BCUT2D eigenvalue weighted by molar-refractivity contribution is 6.30. The third kappa shape index (κ3) is 4.74. The standard InChI is InChI=1S/C15H13ClN2O2/c16-13-6-4-5-12(9-13)10-17-18-15(19)11-20-14-7-2-1-3-8-14/h1-10H,11H2,(H,18,19)/b17-10+. The van der Waals surface area contributed by atoms with Gasteiger partial charge in [0.15, 0.2) is 6.61 Å². The number of hydrogen-bond donors (Lipinski definition) is 1. The summed E-state index contributed by atoms with van der Waals surface area (Å²) in [6, 6.07) is 16.3. The summed E-state index contributed by atoms with van der Waals surface area (Å²) in [5, 5.41) is 4.45. The number of rotatable bonds is 5. The highest BCUT2D eigenvalue weighted by Gasteiger charge is 2.00. The van der Waals surface area contributed by atoms with Crippen molar-refractivity contribution in [3.63, 3.8) is 0 Å². The summed E-state index contributed by atoms with van der Waals surface area (Å²) < 4.78 is 5.28. The van der Waals surface area contributed by atoms with Crippen molar-refractivity contribution in [2.45, 2.75) is 0 Å². The largest absolute Gasteiger partial charge is 0.484 e. The minimum atomic E-state index is -0.327. The molecule has 0 fully saturated rings. The first-order valence-corrected chi connectivity index (χ1v) is 6.37. The second kappa shape index (κ2) is 7.31. The monoisotopic (exact) mass is 288 g/mol.